The van der Waals surface area contributed by atoms with Crippen LogP contribution in [0.1, 0.15) is 10.4 Å². The van der Waals surface area contributed by atoms with Crippen LogP contribution in [-0.2, 0) is 4.79 Å². The summed E-state index contributed by atoms with van der Waals surface area (Å²) in [5, 5.41) is 12.1. The molecule has 0 atom stereocenters. The number of amides is 2. The summed E-state index contributed by atoms with van der Waals surface area (Å²) in [5.74, 6) is 1.05. The molecule has 4 rings (SSSR count). The maximum atomic E-state index is 13.1. The Morgan fingerprint density at radius 3 is 2.47 bits per heavy atom. The maximum Gasteiger partial charge on any atom is 0.257 e. The Labute approximate surface area is 206 Å². The molecule has 1 aliphatic rings. The molecule has 1 N–H and O–H groups in total. The fourth-order valence-corrected chi connectivity index (χ4v) is 5.25. The Kier molecular flexibility index (Phi) is 7.86. The standard InChI is InChI=1S/C23H25N5O4S2/c1-31-18-10-6-9-17(20(18)32-2)21(30)27-11-13-28(14-12-27)22-25-26-23(34-22)33-15-19(29)24-16-7-4-3-5-8-16/h3-10H,11-15H2,1-2H3,(H,24,29). The van der Waals surface area contributed by atoms with Gasteiger partial charge in [-0.3, -0.25) is 9.59 Å². The highest BCUT2D eigenvalue weighted by atomic mass is 32.2. The van der Waals surface area contributed by atoms with Crippen molar-refractivity contribution in [1.29, 1.82) is 0 Å². The highest BCUT2D eigenvalue weighted by Gasteiger charge is 2.27. The molecule has 34 heavy (non-hydrogen) atoms. The third-order valence-electron chi connectivity index (χ3n) is 5.25. The maximum absolute atomic E-state index is 13.1. The van der Waals surface area contributed by atoms with Crippen LogP contribution in [0.2, 0.25) is 0 Å². The van der Waals surface area contributed by atoms with Gasteiger partial charge in [-0.2, -0.15) is 0 Å². The number of carbonyl (C=O) groups is 2. The molecular formula is C23H25N5O4S2. The molecule has 1 aliphatic heterocycles. The number of rotatable bonds is 8. The zero-order valence-corrected chi connectivity index (χ0v) is 20.5. The van der Waals surface area contributed by atoms with Crippen molar-refractivity contribution in [3.8, 4) is 11.5 Å². The number of methoxy groups -OCH3 is 2. The van der Waals surface area contributed by atoms with Gasteiger partial charge in [-0.05, 0) is 24.3 Å². The van der Waals surface area contributed by atoms with E-state index in [1.54, 1.807) is 30.2 Å². The van der Waals surface area contributed by atoms with Gasteiger partial charge in [0.2, 0.25) is 11.0 Å². The van der Waals surface area contributed by atoms with Gasteiger partial charge in [0.05, 0.1) is 25.5 Å². The van der Waals surface area contributed by atoms with Gasteiger partial charge in [0.1, 0.15) is 0 Å². The van der Waals surface area contributed by atoms with E-state index in [2.05, 4.69) is 20.4 Å². The van der Waals surface area contributed by atoms with E-state index in [4.69, 9.17) is 9.47 Å². The van der Waals surface area contributed by atoms with E-state index in [-0.39, 0.29) is 17.6 Å². The number of piperazine rings is 1. The van der Waals surface area contributed by atoms with Gasteiger partial charge in [-0.1, -0.05) is 47.4 Å². The first kappa shape index (κ1) is 23.8. The lowest BCUT2D eigenvalue weighted by Crippen LogP contribution is -2.48. The van der Waals surface area contributed by atoms with Crippen molar-refractivity contribution in [3.63, 3.8) is 0 Å². The quantitative estimate of drug-likeness (QED) is 0.472. The Bertz CT molecular complexity index is 1130. The summed E-state index contributed by atoms with van der Waals surface area (Å²) in [6.07, 6.45) is 0. The molecule has 9 nitrogen and oxygen atoms in total. The van der Waals surface area contributed by atoms with E-state index in [9.17, 15) is 9.59 Å². The molecule has 0 bridgehead atoms. The Morgan fingerprint density at radius 1 is 1.00 bits per heavy atom. The Morgan fingerprint density at radius 2 is 1.76 bits per heavy atom. The van der Waals surface area contributed by atoms with Crippen molar-refractivity contribution in [2.24, 2.45) is 0 Å². The highest BCUT2D eigenvalue weighted by Crippen LogP contribution is 2.32. The molecule has 178 valence electrons. The molecule has 0 radical (unpaired) electrons. The molecule has 0 spiro atoms. The molecule has 2 heterocycles. The second-order valence-electron chi connectivity index (χ2n) is 7.37. The van der Waals surface area contributed by atoms with Crippen molar-refractivity contribution in [1.82, 2.24) is 15.1 Å². The van der Waals surface area contributed by atoms with Crippen LogP contribution in [0.4, 0.5) is 10.8 Å². The van der Waals surface area contributed by atoms with Gasteiger partial charge in [-0.15, -0.1) is 10.2 Å². The van der Waals surface area contributed by atoms with Crippen LogP contribution in [0.25, 0.3) is 0 Å². The van der Waals surface area contributed by atoms with Gasteiger partial charge >= 0.3 is 0 Å². The summed E-state index contributed by atoms with van der Waals surface area (Å²) in [6.45, 7) is 2.40. The van der Waals surface area contributed by atoms with E-state index in [1.165, 1.54) is 30.2 Å². The molecular weight excluding hydrogens is 474 g/mol. The molecule has 1 aromatic heterocycles. The minimum atomic E-state index is -0.0898. The first-order valence-corrected chi connectivity index (χ1v) is 12.5. The molecule has 0 aliphatic carbocycles. The topological polar surface area (TPSA) is 96.9 Å². The lowest BCUT2D eigenvalue weighted by molar-refractivity contribution is -0.113. The monoisotopic (exact) mass is 499 g/mol. The van der Waals surface area contributed by atoms with E-state index in [1.807, 2.05) is 30.3 Å². The van der Waals surface area contributed by atoms with Gasteiger partial charge in [0.15, 0.2) is 15.8 Å². The molecule has 2 aromatic carbocycles. The van der Waals surface area contributed by atoms with Gasteiger partial charge in [0, 0.05) is 31.9 Å². The average Bonchev–Trinajstić information content (AvgIpc) is 3.36. The van der Waals surface area contributed by atoms with Crippen molar-refractivity contribution in [3.05, 3.63) is 54.1 Å². The van der Waals surface area contributed by atoms with E-state index < -0.39 is 0 Å². The normalized spacial score (nSPS) is 13.5. The number of para-hydroxylation sites is 2. The number of thioether (sulfide) groups is 1. The minimum absolute atomic E-state index is 0.0895. The first-order chi connectivity index (χ1) is 16.6. The van der Waals surface area contributed by atoms with Crippen LogP contribution < -0.4 is 19.7 Å². The largest absolute Gasteiger partial charge is 0.493 e. The second kappa shape index (κ2) is 11.2. The van der Waals surface area contributed by atoms with Gasteiger partial charge < -0.3 is 24.6 Å². The molecule has 1 fully saturated rings. The summed E-state index contributed by atoms with van der Waals surface area (Å²) < 4.78 is 11.5. The summed E-state index contributed by atoms with van der Waals surface area (Å²) in [6, 6.07) is 14.6. The summed E-state index contributed by atoms with van der Waals surface area (Å²) in [7, 11) is 3.08. The van der Waals surface area contributed by atoms with E-state index in [0.29, 0.717) is 43.2 Å². The van der Waals surface area contributed by atoms with Crippen LogP contribution in [0.3, 0.4) is 0 Å². The summed E-state index contributed by atoms with van der Waals surface area (Å²) in [4.78, 5) is 29.2. The lowest BCUT2D eigenvalue weighted by Gasteiger charge is -2.34. The third-order valence-corrected chi connectivity index (χ3v) is 7.37. The number of hydrogen-bond acceptors (Lipinski definition) is 9. The number of carbonyl (C=O) groups excluding carboxylic acids is 2. The van der Waals surface area contributed by atoms with Crippen LogP contribution in [0.5, 0.6) is 11.5 Å². The molecule has 11 heteroatoms. The van der Waals surface area contributed by atoms with Crippen molar-refractivity contribution < 1.29 is 19.1 Å². The predicted octanol–water partition coefficient (Wildman–Crippen LogP) is 3.25. The van der Waals surface area contributed by atoms with Crippen LogP contribution in [0, 0.1) is 0 Å². The van der Waals surface area contributed by atoms with Gasteiger partial charge in [0.25, 0.3) is 5.91 Å². The lowest BCUT2D eigenvalue weighted by atomic mass is 10.1. The van der Waals surface area contributed by atoms with Crippen LogP contribution in [-0.4, -0.2) is 73.1 Å². The van der Waals surface area contributed by atoms with Crippen molar-refractivity contribution >= 4 is 45.7 Å². The molecule has 1 saturated heterocycles. The highest BCUT2D eigenvalue weighted by molar-refractivity contribution is 8.01. The Balaban J connectivity index is 1.29. The van der Waals surface area contributed by atoms with E-state index in [0.717, 1.165) is 15.2 Å². The Hall–Kier alpha value is -3.31. The number of nitrogens with zero attached hydrogens (tertiary/aromatic N) is 4. The van der Waals surface area contributed by atoms with Crippen LogP contribution in [0.15, 0.2) is 52.9 Å². The predicted molar refractivity (Wildman–Crippen MR) is 133 cm³/mol. The van der Waals surface area contributed by atoms with Crippen molar-refractivity contribution in [2.45, 2.75) is 4.34 Å². The number of anilines is 2. The fraction of sp³-hybridized carbons (Fsp3) is 0.304. The smallest absolute Gasteiger partial charge is 0.257 e. The number of aromatic nitrogens is 2. The fourth-order valence-electron chi connectivity index (χ4n) is 3.56. The molecule has 0 saturated carbocycles. The van der Waals surface area contributed by atoms with Crippen molar-refractivity contribution in [2.75, 3.05) is 56.4 Å². The zero-order valence-electron chi connectivity index (χ0n) is 18.9. The number of benzene rings is 2. The van der Waals surface area contributed by atoms with E-state index >= 15 is 0 Å². The minimum Gasteiger partial charge on any atom is -0.493 e. The first-order valence-electron chi connectivity index (χ1n) is 10.7. The zero-order chi connectivity index (χ0) is 23.9. The molecule has 0 unspecified atom stereocenters. The average molecular weight is 500 g/mol. The van der Waals surface area contributed by atoms with Gasteiger partial charge in [-0.25, -0.2) is 0 Å². The summed E-state index contributed by atoms with van der Waals surface area (Å²) in [5.41, 5.74) is 1.25. The second-order valence-corrected chi connectivity index (χ2v) is 9.55. The van der Waals surface area contributed by atoms with Crippen LogP contribution >= 0.6 is 23.1 Å². The number of hydrogen-bond donors (Lipinski definition) is 1. The summed E-state index contributed by atoms with van der Waals surface area (Å²) >= 11 is 2.81. The molecule has 2 amide bonds. The number of nitrogens with one attached hydrogen (secondary N) is 1. The number of ether oxygens (including phenoxy) is 2. The third kappa shape index (κ3) is 5.60. The SMILES string of the molecule is COc1cccc(C(=O)N2CCN(c3nnc(SCC(=O)Nc4ccccc4)s3)CC2)c1OC. The molecule has 3 aromatic rings.